The van der Waals surface area contributed by atoms with Gasteiger partial charge in [0.15, 0.2) is 10.8 Å². The Labute approximate surface area is 216 Å². The number of para-hydroxylation sites is 1. The van der Waals surface area contributed by atoms with Gasteiger partial charge in [0, 0.05) is 5.38 Å². The number of aromatic hydroxyl groups is 1. The number of benzene rings is 1. The number of hydrogen-bond acceptors (Lipinski definition) is 12. The molecule has 2 amide bonds. The van der Waals surface area contributed by atoms with Crippen molar-refractivity contribution >= 4 is 47.1 Å². The van der Waals surface area contributed by atoms with Crippen molar-refractivity contribution in [2.24, 2.45) is 16.6 Å². The largest absolute Gasteiger partial charge is 0.507 e. The molecule has 0 aliphatic carbocycles. The number of thiazole rings is 1. The lowest BCUT2D eigenvalue weighted by atomic mass is 9.75. The van der Waals surface area contributed by atoms with E-state index in [2.05, 4.69) is 20.8 Å². The number of rotatable bonds is 14. The van der Waals surface area contributed by atoms with Gasteiger partial charge in [-0.3, -0.25) is 9.59 Å². The van der Waals surface area contributed by atoms with Gasteiger partial charge in [0.05, 0.1) is 12.0 Å². The van der Waals surface area contributed by atoms with E-state index in [9.17, 15) is 34.6 Å². The monoisotopic (exact) mass is 536 g/mol. The van der Waals surface area contributed by atoms with Crippen LogP contribution in [0.4, 0.5) is 5.13 Å². The number of carboxylic acids is 1. The number of anilines is 1. The minimum Gasteiger partial charge on any atom is -0.507 e. The Morgan fingerprint density at radius 3 is 2.62 bits per heavy atom. The highest BCUT2D eigenvalue weighted by Gasteiger charge is 2.30. The van der Waals surface area contributed by atoms with Crippen molar-refractivity contribution in [3.8, 4) is 5.75 Å². The van der Waals surface area contributed by atoms with Gasteiger partial charge in [-0.15, -0.1) is 11.3 Å². The molecule has 1 heterocycles. The molecule has 0 bridgehead atoms. The first-order valence-corrected chi connectivity index (χ1v) is 12.0. The van der Waals surface area contributed by atoms with Crippen molar-refractivity contribution in [3.63, 3.8) is 0 Å². The van der Waals surface area contributed by atoms with E-state index in [-0.39, 0.29) is 34.1 Å². The molecule has 0 aliphatic heterocycles. The number of carbonyl (C=O) groups is 3. The van der Waals surface area contributed by atoms with Gasteiger partial charge in [0.1, 0.15) is 24.1 Å². The average Bonchev–Trinajstić information content (AvgIpc) is 3.30. The van der Waals surface area contributed by atoms with E-state index in [4.69, 9.17) is 16.3 Å². The maximum atomic E-state index is 12.9. The van der Waals surface area contributed by atoms with Gasteiger partial charge >= 0.3 is 13.1 Å². The van der Waals surface area contributed by atoms with Crippen molar-refractivity contribution < 1.29 is 39.5 Å². The maximum Gasteiger partial charge on any atom is 0.475 e. The summed E-state index contributed by atoms with van der Waals surface area (Å²) in [5.74, 6) is -4.67. The summed E-state index contributed by atoms with van der Waals surface area (Å²) in [5.41, 5.74) is 10.7. The lowest BCUT2D eigenvalue weighted by Crippen LogP contribution is -2.50. The quantitative estimate of drug-likeness (QED) is 0.0632. The highest BCUT2D eigenvalue weighted by Crippen LogP contribution is 2.24. The Bertz CT molecular complexity index is 1130. The van der Waals surface area contributed by atoms with Crippen LogP contribution < -0.4 is 22.1 Å². The molecule has 1 aromatic carbocycles. The number of carboxylic acid groups (broad SMARTS) is 1. The first kappa shape index (κ1) is 29.7. The Hall–Kier alpha value is -3.57. The Morgan fingerprint density at radius 1 is 1.27 bits per heavy atom. The van der Waals surface area contributed by atoms with Crippen molar-refractivity contribution in [2.75, 3.05) is 19.0 Å². The van der Waals surface area contributed by atoms with E-state index in [0.717, 1.165) is 17.8 Å². The van der Waals surface area contributed by atoms with E-state index >= 15 is 0 Å². The van der Waals surface area contributed by atoms with Gasteiger partial charge < -0.3 is 47.2 Å². The number of oxime groups is 1. The van der Waals surface area contributed by atoms with Crippen LogP contribution in [0.3, 0.4) is 0 Å². The van der Waals surface area contributed by atoms with E-state index in [1.54, 1.807) is 0 Å². The topological polar surface area (TPSA) is 243 Å². The van der Waals surface area contributed by atoms with Crippen LogP contribution in [0, 0.1) is 0 Å². The number of aromatic nitrogens is 1. The third kappa shape index (κ3) is 8.50. The molecule has 0 radical (unpaired) electrons. The van der Waals surface area contributed by atoms with Crippen molar-refractivity contribution in [2.45, 2.75) is 37.7 Å². The van der Waals surface area contributed by atoms with E-state index < -0.39 is 42.6 Å². The van der Waals surface area contributed by atoms with Crippen molar-refractivity contribution in [1.29, 1.82) is 0 Å². The van der Waals surface area contributed by atoms with E-state index in [0.29, 0.717) is 19.4 Å². The summed E-state index contributed by atoms with van der Waals surface area (Å²) in [6, 6.07) is 3.16. The Morgan fingerprint density at radius 2 is 2.00 bits per heavy atom. The fourth-order valence-electron chi connectivity index (χ4n) is 3.21. The summed E-state index contributed by atoms with van der Waals surface area (Å²) in [7, 11) is -0.886. The second-order valence-electron chi connectivity index (χ2n) is 7.86. The summed E-state index contributed by atoms with van der Waals surface area (Å²) >= 11 is 1.01. The number of hydrogen-bond donors (Lipinski definition) is 8. The molecule has 1 aromatic heterocycles. The molecule has 37 heavy (non-hydrogen) atoms. The van der Waals surface area contributed by atoms with Crippen LogP contribution in [0.2, 0.25) is 0 Å². The van der Waals surface area contributed by atoms with Crippen molar-refractivity contribution in [3.05, 3.63) is 40.4 Å². The summed E-state index contributed by atoms with van der Waals surface area (Å²) in [4.78, 5) is 45.4. The third-order valence-electron chi connectivity index (χ3n) is 5.15. The minimum atomic E-state index is -2.08. The van der Waals surface area contributed by atoms with Gasteiger partial charge in [0.2, 0.25) is 5.91 Å². The van der Waals surface area contributed by atoms with Gasteiger partial charge in [-0.05, 0) is 37.4 Å². The molecule has 14 nitrogen and oxygen atoms in total. The number of nitrogens with one attached hydrogen (secondary N) is 2. The molecule has 0 saturated carbocycles. The molecule has 2 atom stereocenters. The molecular formula is C21H29BN6O8S. The third-order valence-corrected chi connectivity index (χ3v) is 5.90. The number of aromatic carboxylic acids is 1. The van der Waals surface area contributed by atoms with Crippen LogP contribution in [0.15, 0.2) is 28.7 Å². The molecule has 0 spiro atoms. The number of nitrogens with zero attached hydrogens (tertiary/aromatic N) is 2. The summed E-state index contributed by atoms with van der Waals surface area (Å²) in [5, 5.41) is 49.1. The molecule has 16 heteroatoms. The number of amides is 2. The molecule has 0 saturated heterocycles. The average molecular weight is 536 g/mol. The van der Waals surface area contributed by atoms with E-state index in [1.165, 1.54) is 30.7 Å². The SMILES string of the molecule is CON=C(C(=O)N[C@@H](Cc1cccc(C(=O)O)c1O)B(O)O)c1csc(NC(=O)[C@@H](N)CCCCN)n1. The zero-order valence-electron chi connectivity index (χ0n) is 20.0. The lowest BCUT2D eigenvalue weighted by molar-refractivity contribution is -0.117. The number of nitrogens with two attached hydrogens (primary N) is 2. The fraction of sp³-hybridized carbons (Fsp3) is 0.381. The number of carbonyl (C=O) groups excluding carboxylic acids is 2. The fourth-order valence-corrected chi connectivity index (χ4v) is 3.90. The van der Waals surface area contributed by atoms with Crippen LogP contribution >= 0.6 is 11.3 Å². The maximum absolute atomic E-state index is 12.9. The predicted molar refractivity (Wildman–Crippen MR) is 136 cm³/mol. The molecule has 0 unspecified atom stereocenters. The first-order chi connectivity index (χ1) is 17.6. The van der Waals surface area contributed by atoms with Crippen LogP contribution in [0.25, 0.3) is 0 Å². The smallest absolute Gasteiger partial charge is 0.475 e. The molecule has 2 rings (SSSR count). The highest BCUT2D eigenvalue weighted by atomic mass is 32.1. The summed E-state index contributed by atoms with van der Waals surface area (Å²) in [6.45, 7) is 0.498. The highest BCUT2D eigenvalue weighted by molar-refractivity contribution is 7.14. The van der Waals surface area contributed by atoms with Crippen LogP contribution in [0.1, 0.15) is 40.9 Å². The minimum absolute atomic E-state index is 0.0262. The van der Waals surface area contributed by atoms with Gasteiger partial charge in [0.25, 0.3) is 5.91 Å². The zero-order chi connectivity index (χ0) is 27.5. The van der Waals surface area contributed by atoms with Crippen molar-refractivity contribution in [1.82, 2.24) is 10.3 Å². The zero-order valence-corrected chi connectivity index (χ0v) is 20.8. The Kier molecular flexibility index (Phi) is 11.4. The standard InChI is InChI=1S/C21H29BN6O8S/c1-36-28-16(14-10-37-21(25-14)27-18(30)13(24)7-2-3-8-23)19(31)26-15(22(34)35)9-11-5-4-6-12(17(11)29)20(32)33/h4-6,10,13,15,29,34-35H,2-3,7-9,23-24H2,1H3,(H,26,31)(H,32,33)(H,25,27,30)/t13-,15-/m0/s1. The summed E-state index contributed by atoms with van der Waals surface area (Å²) in [6.07, 6.45) is 1.55. The first-order valence-electron chi connectivity index (χ1n) is 11.1. The lowest BCUT2D eigenvalue weighted by Gasteiger charge is -2.19. The molecule has 10 N–H and O–H groups in total. The molecule has 0 fully saturated rings. The second kappa shape index (κ2) is 14.2. The predicted octanol–water partition coefficient (Wildman–Crippen LogP) is -0.968. The van der Waals surface area contributed by atoms with Crippen LogP contribution in [-0.2, 0) is 20.8 Å². The number of phenols is 1. The molecule has 200 valence electrons. The van der Waals surface area contributed by atoms with Gasteiger partial charge in [-0.2, -0.15) is 0 Å². The second-order valence-corrected chi connectivity index (χ2v) is 8.71. The molecular weight excluding hydrogens is 507 g/mol. The van der Waals surface area contributed by atoms with Gasteiger partial charge in [-0.1, -0.05) is 23.7 Å². The van der Waals surface area contributed by atoms with Gasteiger partial charge in [-0.25, -0.2) is 9.78 Å². The number of unbranched alkanes of at least 4 members (excludes halogenated alkanes) is 1. The molecule has 0 aliphatic rings. The summed E-state index contributed by atoms with van der Waals surface area (Å²) < 4.78 is 0. The normalized spacial score (nSPS) is 12.9. The van der Waals surface area contributed by atoms with E-state index in [1.807, 2.05) is 0 Å². The van der Waals surface area contributed by atoms with Crippen LogP contribution in [0.5, 0.6) is 5.75 Å². The Balaban J connectivity index is 2.15. The van der Waals surface area contributed by atoms with Crippen LogP contribution in [-0.4, -0.2) is 81.5 Å². The molecule has 2 aromatic rings.